The number of carbonyl (C=O) groups excluding carboxylic acids is 3. The minimum Gasteiger partial charge on any atom is -0.461 e. The van der Waals surface area contributed by atoms with Gasteiger partial charge in [-0.25, -0.2) is 14.4 Å². The SMILES string of the molecule is C=C(C)C(=O)OCC(CO)(CO)COCC(CO)(COC(=O)C(=C)C)COC(=O)C(=C)C. The zero-order valence-corrected chi connectivity index (χ0v) is 19.0. The Bertz CT molecular complexity index is 676. The number of rotatable bonds is 16. The van der Waals surface area contributed by atoms with Crippen LogP contribution in [0.2, 0.25) is 0 Å². The summed E-state index contributed by atoms with van der Waals surface area (Å²) < 4.78 is 20.9. The maximum absolute atomic E-state index is 11.8. The first-order valence-electron chi connectivity index (χ1n) is 9.76. The molecule has 0 spiro atoms. The number of hydrogen-bond donors (Lipinski definition) is 3. The van der Waals surface area contributed by atoms with Gasteiger partial charge in [0.05, 0.1) is 43.9 Å². The van der Waals surface area contributed by atoms with Crippen LogP contribution < -0.4 is 0 Å². The van der Waals surface area contributed by atoms with Crippen LogP contribution in [0.4, 0.5) is 0 Å². The predicted octanol–water partition coefficient (Wildman–Crippen LogP) is 0.311. The highest BCUT2D eigenvalue weighted by Crippen LogP contribution is 2.24. The van der Waals surface area contributed by atoms with E-state index in [1.165, 1.54) is 20.8 Å². The molecule has 0 aliphatic rings. The standard InChI is InChI=1S/C22H34O10/c1-15(2)18(26)30-12-21(7-23,8-24)10-29-11-22(9-25,13-31-19(27)16(3)4)14-32-20(28)17(5)6/h23-25H,1,3,5,7-14H2,2,4,6H3. The molecule has 0 fully saturated rings. The number of carbonyl (C=O) groups is 3. The van der Waals surface area contributed by atoms with Crippen molar-refractivity contribution in [2.75, 3.05) is 52.9 Å². The summed E-state index contributed by atoms with van der Waals surface area (Å²) in [6, 6.07) is 0. The van der Waals surface area contributed by atoms with E-state index in [-0.39, 0.29) is 49.8 Å². The van der Waals surface area contributed by atoms with E-state index in [2.05, 4.69) is 19.7 Å². The Balaban J connectivity index is 5.35. The number of esters is 3. The van der Waals surface area contributed by atoms with Crippen molar-refractivity contribution in [1.29, 1.82) is 0 Å². The summed E-state index contributed by atoms with van der Waals surface area (Å²) in [6.45, 7) is 11.4. The van der Waals surface area contributed by atoms with Crippen molar-refractivity contribution in [2.24, 2.45) is 10.8 Å². The molecule has 0 aliphatic carbocycles. The van der Waals surface area contributed by atoms with Gasteiger partial charge in [0.25, 0.3) is 0 Å². The van der Waals surface area contributed by atoms with Crippen molar-refractivity contribution in [2.45, 2.75) is 20.8 Å². The Kier molecular flexibility index (Phi) is 12.7. The maximum Gasteiger partial charge on any atom is 0.333 e. The summed E-state index contributed by atoms with van der Waals surface area (Å²) in [5.74, 6) is -2.11. The summed E-state index contributed by atoms with van der Waals surface area (Å²) in [4.78, 5) is 35.2. The van der Waals surface area contributed by atoms with E-state index in [1.807, 2.05) is 0 Å². The van der Waals surface area contributed by atoms with Crippen molar-refractivity contribution >= 4 is 17.9 Å². The Labute approximate surface area is 188 Å². The molecule has 32 heavy (non-hydrogen) atoms. The maximum atomic E-state index is 11.8. The van der Waals surface area contributed by atoms with Crippen LogP contribution in [0.5, 0.6) is 0 Å². The molecule has 182 valence electrons. The summed E-state index contributed by atoms with van der Waals surface area (Å²) in [7, 11) is 0. The van der Waals surface area contributed by atoms with Gasteiger partial charge >= 0.3 is 17.9 Å². The number of aliphatic hydroxyl groups is 3. The third kappa shape index (κ3) is 9.73. The van der Waals surface area contributed by atoms with Gasteiger partial charge in [0, 0.05) is 16.7 Å². The minimum absolute atomic E-state index is 0.135. The molecule has 10 nitrogen and oxygen atoms in total. The molecule has 0 aromatic carbocycles. The molecule has 0 atom stereocenters. The molecular formula is C22H34O10. The molecule has 0 saturated carbocycles. The van der Waals surface area contributed by atoms with Gasteiger partial charge in [-0.1, -0.05) is 19.7 Å². The zero-order chi connectivity index (χ0) is 24.9. The van der Waals surface area contributed by atoms with Gasteiger partial charge in [-0.15, -0.1) is 0 Å². The van der Waals surface area contributed by atoms with Crippen molar-refractivity contribution in [3.8, 4) is 0 Å². The molecule has 0 radical (unpaired) electrons. The van der Waals surface area contributed by atoms with Crippen molar-refractivity contribution < 1.29 is 48.7 Å². The fourth-order valence-electron chi connectivity index (χ4n) is 2.05. The fraction of sp³-hybridized carbons (Fsp3) is 0.591. The van der Waals surface area contributed by atoms with Gasteiger partial charge in [-0.3, -0.25) is 0 Å². The minimum atomic E-state index is -1.35. The summed E-state index contributed by atoms with van der Waals surface area (Å²) in [6.07, 6.45) is 0. The molecule has 0 amide bonds. The third-order valence-electron chi connectivity index (χ3n) is 4.40. The number of aliphatic hydroxyl groups excluding tert-OH is 3. The second-order valence-corrected chi connectivity index (χ2v) is 8.04. The lowest BCUT2D eigenvalue weighted by molar-refractivity contribution is -0.160. The highest BCUT2D eigenvalue weighted by Gasteiger charge is 2.37. The first-order valence-corrected chi connectivity index (χ1v) is 9.76. The number of ether oxygens (including phenoxy) is 4. The lowest BCUT2D eigenvalue weighted by Crippen LogP contribution is -2.45. The van der Waals surface area contributed by atoms with Gasteiger partial charge < -0.3 is 34.3 Å². The predicted molar refractivity (Wildman–Crippen MR) is 114 cm³/mol. The summed E-state index contributed by atoms with van der Waals surface area (Å²) in [5, 5.41) is 29.4. The first kappa shape index (κ1) is 29.5. The highest BCUT2D eigenvalue weighted by atomic mass is 16.6. The fourth-order valence-corrected chi connectivity index (χ4v) is 2.05. The molecule has 10 heteroatoms. The van der Waals surface area contributed by atoms with Gasteiger partial charge in [-0.05, 0) is 20.8 Å². The van der Waals surface area contributed by atoms with E-state index in [9.17, 15) is 29.7 Å². The Morgan fingerprint density at radius 3 is 1.16 bits per heavy atom. The van der Waals surface area contributed by atoms with Crippen LogP contribution in [-0.4, -0.2) is 86.1 Å². The summed E-state index contributed by atoms with van der Waals surface area (Å²) in [5.41, 5.74) is -2.27. The monoisotopic (exact) mass is 458 g/mol. The largest absolute Gasteiger partial charge is 0.461 e. The second-order valence-electron chi connectivity index (χ2n) is 8.04. The van der Waals surface area contributed by atoms with Crippen LogP contribution in [0, 0.1) is 10.8 Å². The van der Waals surface area contributed by atoms with Gasteiger partial charge in [0.2, 0.25) is 0 Å². The van der Waals surface area contributed by atoms with E-state index >= 15 is 0 Å². The first-order chi connectivity index (χ1) is 14.9. The Morgan fingerprint density at radius 2 is 0.875 bits per heavy atom. The van der Waals surface area contributed by atoms with Crippen LogP contribution in [0.1, 0.15) is 20.8 Å². The summed E-state index contributed by atoms with van der Waals surface area (Å²) >= 11 is 0. The third-order valence-corrected chi connectivity index (χ3v) is 4.40. The van der Waals surface area contributed by atoms with E-state index in [1.54, 1.807) is 0 Å². The van der Waals surface area contributed by atoms with Crippen molar-refractivity contribution in [3.05, 3.63) is 36.5 Å². The molecule has 0 rings (SSSR count). The van der Waals surface area contributed by atoms with E-state index < -0.39 is 48.6 Å². The Morgan fingerprint density at radius 1 is 0.594 bits per heavy atom. The highest BCUT2D eigenvalue weighted by molar-refractivity contribution is 5.87. The topological polar surface area (TPSA) is 149 Å². The molecule has 0 aromatic rings. The normalized spacial score (nSPS) is 11.4. The second kappa shape index (κ2) is 13.8. The molecular weight excluding hydrogens is 424 g/mol. The van der Waals surface area contributed by atoms with Crippen LogP contribution in [0.25, 0.3) is 0 Å². The molecule has 0 bridgehead atoms. The van der Waals surface area contributed by atoms with E-state index in [0.29, 0.717) is 0 Å². The molecule has 0 aliphatic heterocycles. The van der Waals surface area contributed by atoms with Crippen LogP contribution in [-0.2, 0) is 33.3 Å². The molecule has 0 aromatic heterocycles. The molecule has 0 unspecified atom stereocenters. The van der Waals surface area contributed by atoms with Gasteiger partial charge in [0.1, 0.15) is 19.8 Å². The van der Waals surface area contributed by atoms with E-state index in [0.717, 1.165) is 0 Å². The lowest BCUT2D eigenvalue weighted by Gasteiger charge is -2.33. The average molecular weight is 459 g/mol. The molecule has 3 N–H and O–H groups in total. The zero-order valence-electron chi connectivity index (χ0n) is 19.0. The quantitative estimate of drug-likeness (QED) is 0.168. The van der Waals surface area contributed by atoms with Crippen LogP contribution >= 0.6 is 0 Å². The van der Waals surface area contributed by atoms with Gasteiger partial charge in [-0.2, -0.15) is 0 Å². The number of hydrogen-bond acceptors (Lipinski definition) is 10. The Hall–Kier alpha value is -2.53. The van der Waals surface area contributed by atoms with Crippen LogP contribution in [0.15, 0.2) is 36.5 Å². The van der Waals surface area contributed by atoms with Crippen LogP contribution in [0.3, 0.4) is 0 Å². The lowest BCUT2D eigenvalue weighted by atomic mass is 9.90. The van der Waals surface area contributed by atoms with E-state index in [4.69, 9.17) is 18.9 Å². The van der Waals surface area contributed by atoms with Crippen molar-refractivity contribution in [1.82, 2.24) is 0 Å². The van der Waals surface area contributed by atoms with Gasteiger partial charge in [0.15, 0.2) is 0 Å². The smallest absolute Gasteiger partial charge is 0.333 e. The molecule has 0 heterocycles. The average Bonchev–Trinajstić information content (AvgIpc) is 2.76. The molecule has 0 saturated heterocycles. The van der Waals surface area contributed by atoms with Crippen molar-refractivity contribution in [3.63, 3.8) is 0 Å².